The molecule has 1 saturated heterocycles. The van der Waals surface area contributed by atoms with Crippen molar-refractivity contribution in [3.8, 4) is 0 Å². The fourth-order valence-corrected chi connectivity index (χ4v) is 4.52. The molecule has 0 bridgehead atoms. The van der Waals surface area contributed by atoms with Gasteiger partial charge in [-0.05, 0) is 28.7 Å². The molecule has 1 aromatic heterocycles. The van der Waals surface area contributed by atoms with Crippen LogP contribution in [-0.2, 0) is 4.79 Å². The molecule has 3 rings (SSSR count). The van der Waals surface area contributed by atoms with Gasteiger partial charge in [-0.3, -0.25) is 10.1 Å². The van der Waals surface area contributed by atoms with Crippen LogP contribution in [0, 0.1) is 10.8 Å². The Morgan fingerprint density at radius 3 is 2.40 bits per heavy atom. The van der Waals surface area contributed by atoms with E-state index in [-0.39, 0.29) is 28.9 Å². The minimum Gasteiger partial charge on any atom is -0.317 e. The van der Waals surface area contributed by atoms with Crippen molar-refractivity contribution in [3.63, 3.8) is 0 Å². The van der Waals surface area contributed by atoms with Crippen LogP contribution in [-0.4, -0.2) is 22.9 Å². The highest BCUT2D eigenvalue weighted by atomic mass is 32.1. The standard InChI is InChI=1S/C16H24N2OS/c1-6-10-13(19)18(14-15(2,3)16(14,4)5)12(17-10)11-8-7-9-20-11/h7-10,12,14,17H,6H2,1-5H3. The van der Waals surface area contributed by atoms with E-state index in [1.807, 2.05) is 0 Å². The number of carbonyl (C=O) groups excluding carboxylic acids is 1. The first-order valence-electron chi connectivity index (χ1n) is 7.44. The zero-order valence-corrected chi connectivity index (χ0v) is 13.8. The first-order chi connectivity index (χ1) is 9.32. The highest BCUT2D eigenvalue weighted by molar-refractivity contribution is 7.10. The Hall–Kier alpha value is -0.870. The number of amides is 1. The highest BCUT2D eigenvalue weighted by Crippen LogP contribution is 2.66. The van der Waals surface area contributed by atoms with E-state index in [9.17, 15) is 4.79 Å². The summed E-state index contributed by atoms with van der Waals surface area (Å²) < 4.78 is 0. The van der Waals surface area contributed by atoms with E-state index in [4.69, 9.17) is 0 Å². The molecule has 2 heterocycles. The van der Waals surface area contributed by atoms with Crippen molar-refractivity contribution in [2.45, 2.75) is 59.3 Å². The second-order valence-corrected chi connectivity index (χ2v) is 8.12. The average molecular weight is 292 g/mol. The summed E-state index contributed by atoms with van der Waals surface area (Å²) in [4.78, 5) is 16.1. The molecular weight excluding hydrogens is 268 g/mol. The van der Waals surface area contributed by atoms with Crippen molar-refractivity contribution in [2.24, 2.45) is 10.8 Å². The minimum absolute atomic E-state index is 0.0331. The van der Waals surface area contributed by atoms with Crippen LogP contribution in [0.4, 0.5) is 0 Å². The van der Waals surface area contributed by atoms with Gasteiger partial charge >= 0.3 is 0 Å². The number of hydrogen-bond acceptors (Lipinski definition) is 3. The predicted molar refractivity (Wildman–Crippen MR) is 82.5 cm³/mol. The van der Waals surface area contributed by atoms with Crippen molar-refractivity contribution in [2.75, 3.05) is 0 Å². The zero-order valence-electron chi connectivity index (χ0n) is 12.9. The molecule has 1 aliphatic heterocycles. The lowest BCUT2D eigenvalue weighted by molar-refractivity contribution is -0.131. The molecule has 2 fully saturated rings. The molecule has 2 atom stereocenters. The zero-order chi connectivity index (χ0) is 14.7. The van der Waals surface area contributed by atoms with Crippen molar-refractivity contribution in [1.29, 1.82) is 0 Å². The van der Waals surface area contributed by atoms with Gasteiger partial charge in [0.05, 0.1) is 6.04 Å². The van der Waals surface area contributed by atoms with Crippen molar-refractivity contribution >= 4 is 17.2 Å². The summed E-state index contributed by atoms with van der Waals surface area (Å²) in [7, 11) is 0. The first kappa shape index (κ1) is 14.1. The van der Waals surface area contributed by atoms with E-state index >= 15 is 0 Å². The maximum Gasteiger partial charge on any atom is 0.241 e. The molecule has 0 radical (unpaired) electrons. The van der Waals surface area contributed by atoms with Gasteiger partial charge in [0.15, 0.2) is 0 Å². The molecule has 1 amide bonds. The van der Waals surface area contributed by atoms with Crippen LogP contribution >= 0.6 is 11.3 Å². The molecule has 2 unspecified atom stereocenters. The largest absolute Gasteiger partial charge is 0.317 e. The fraction of sp³-hybridized carbons (Fsp3) is 0.688. The van der Waals surface area contributed by atoms with Crippen molar-refractivity contribution in [3.05, 3.63) is 22.4 Å². The molecule has 20 heavy (non-hydrogen) atoms. The Morgan fingerprint density at radius 1 is 1.30 bits per heavy atom. The SMILES string of the molecule is CCC1NC(c2cccs2)N(C2C(C)(C)C2(C)C)C1=O. The van der Waals surface area contributed by atoms with E-state index in [0.717, 1.165) is 6.42 Å². The molecule has 1 aliphatic carbocycles. The molecule has 0 spiro atoms. The second-order valence-electron chi connectivity index (χ2n) is 7.14. The number of nitrogens with zero attached hydrogens (tertiary/aromatic N) is 1. The Balaban J connectivity index is 1.96. The van der Waals surface area contributed by atoms with E-state index in [0.29, 0.717) is 6.04 Å². The lowest BCUT2D eigenvalue weighted by Gasteiger charge is -2.26. The third-order valence-corrected chi connectivity index (χ3v) is 6.56. The smallest absolute Gasteiger partial charge is 0.241 e. The maximum atomic E-state index is 12.8. The molecule has 1 saturated carbocycles. The molecule has 1 aromatic rings. The molecule has 1 N–H and O–H groups in total. The van der Waals surface area contributed by atoms with Gasteiger partial charge in [-0.25, -0.2) is 0 Å². The molecular formula is C16H24N2OS. The van der Waals surface area contributed by atoms with Crippen LogP contribution in [0.25, 0.3) is 0 Å². The maximum absolute atomic E-state index is 12.8. The van der Waals surface area contributed by atoms with Crippen LogP contribution in [0.2, 0.25) is 0 Å². The molecule has 3 nitrogen and oxygen atoms in total. The lowest BCUT2D eigenvalue weighted by atomic mass is 10.0. The third kappa shape index (κ3) is 1.70. The van der Waals surface area contributed by atoms with E-state index in [2.05, 4.69) is 62.3 Å². The predicted octanol–water partition coefficient (Wildman–Crippen LogP) is 3.39. The number of thiophene rings is 1. The van der Waals surface area contributed by atoms with Crippen LogP contribution in [0.1, 0.15) is 52.1 Å². The third-order valence-electron chi connectivity index (χ3n) is 5.63. The van der Waals surface area contributed by atoms with Gasteiger partial charge in [0.1, 0.15) is 6.17 Å². The van der Waals surface area contributed by atoms with Gasteiger partial charge in [0.25, 0.3) is 0 Å². The Labute approximate surface area is 125 Å². The number of carbonyl (C=O) groups is 1. The molecule has 110 valence electrons. The first-order valence-corrected chi connectivity index (χ1v) is 8.32. The molecule has 4 heteroatoms. The summed E-state index contributed by atoms with van der Waals surface area (Å²) >= 11 is 1.73. The summed E-state index contributed by atoms with van der Waals surface area (Å²) in [6.07, 6.45) is 0.906. The van der Waals surface area contributed by atoms with Gasteiger partial charge in [0.2, 0.25) is 5.91 Å². The quantitative estimate of drug-likeness (QED) is 0.926. The van der Waals surface area contributed by atoms with Crippen molar-refractivity contribution in [1.82, 2.24) is 10.2 Å². The Kier molecular flexibility index (Phi) is 3.04. The summed E-state index contributed by atoms with van der Waals surface area (Å²) in [5.41, 5.74) is 0.366. The minimum atomic E-state index is -0.0331. The van der Waals surface area contributed by atoms with E-state index < -0.39 is 0 Å². The molecule has 2 aliphatic rings. The van der Waals surface area contributed by atoms with Gasteiger partial charge in [-0.1, -0.05) is 40.7 Å². The van der Waals surface area contributed by atoms with Crippen molar-refractivity contribution < 1.29 is 4.79 Å². The van der Waals surface area contributed by atoms with Crippen LogP contribution in [0.5, 0.6) is 0 Å². The number of rotatable bonds is 3. The fourth-order valence-electron chi connectivity index (χ4n) is 3.74. The summed E-state index contributed by atoms with van der Waals surface area (Å²) in [6, 6.07) is 4.48. The number of nitrogens with one attached hydrogen (secondary N) is 1. The van der Waals surface area contributed by atoms with Crippen LogP contribution < -0.4 is 5.32 Å². The highest BCUT2D eigenvalue weighted by Gasteiger charge is 2.70. The van der Waals surface area contributed by atoms with Gasteiger partial charge in [0, 0.05) is 10.9 Å². The molecule has 0 aromatic carbocycles. The summed E-state index contributed by atoms with van der Waals surface area (Å²) in [5, 5.41) is 5.61. The Bertz CT molecular complexity index is 507. The lowest BCUT2D eigenvalue weighted by Crippen LogP contribution is -2.36. The van der Waals surface area contributed by atoms with Crippen LogP contribution in [0.15, 0.2) is 17.5 Å². The van der Waals surface area contributed by atoms with Crippen LogP contribution in [0.3, 0.4) is 0 Å². The topological polar surface area (TPSA) is 32.3 Å². The normalized spacial score (nSPS) is 31.9. The summed E-state index contributed by atoms with van der Waals surface area (Å²) in [6.45, 7) is 11.2. The van der Waals surface area contributed by atoms with E-state index in [1.165, 1.54) is 4.88 Å². The van der Waals surface area contributed by atoms with E-state index in [1.54, 1.807) is 11.3 Å². The van der Waals surface area contributed by atoms with Gasteiger partial charge in [-0.15, -0.1) is 11.3 Å². The second kappa shape index (κ2) is 4.31. The van der Waals surface area contributed by atoms with Gasteiger partial charge < -0.3 is 4.90 Å². The van der Waals surface area contributed by atoms with Gasteiger partial charge in [-0.2, -0.15) is 0 Å². The average Bonchev–Trinajstić information content (AvgIpc) is 2.85. The number of hydrogen-bond donors (Lipinski definition) is 1. The monoisotopic (exact) mass is 292 g/mol. The Morgan fingerprint density at radius 2 is 1.95 bits per heavy atom. The summed E-state index contributed by atoms with van der Waals surface area (Å²) in [5.74, 6) is 0.273.